The Kier molecular flexibility index (Phi) is 5.03. The second kappa shape index (κ2) is 7.76. The van der Waals surface area contributed by atoms with Crippen molar-refractivity contribution >= 4 is 23.1 Å². The molecule has 8 heteroatoms. The summed E-state index contributed by atoms with van der Waals surface area (Å²) in [5, 5.41) is 14.9. The fraction of sp³-hybridized carbons (Fsp3) is 0.111. The van der Waals surface area contributed by atoms with Crippen LogP contribution in [0.1, 0.15) is 11.5 Å². The first-order valence-electron chi connectivity index (χ1n) is 7.90. The fourth-order valence-corrected chi connectivity index (χ4v) is 4.16. The second-order valence-corrected chi connectivity index (χ2v) is 7.33. The minimum absolute atomic E-state index is 0.239. The van der Waals surface area contributed by atoms with Gasteiger partial charge in [-0.3, -0.25) is 0 Å². The number of para-hydroxylation sites is 1. The van der Waals surface area contributed by atoms with Crippen molar-refractivity contribution in [3.8, 4) is 16.3 Å². The normalized spacial score (nSPS) is 11.0. The zero-order chi connectivity index (χ0) is 17.8. The highest BCUT2D eigenvalue weighted by molar-refractivity contribution is 7.97. The van der Waals surface area contributed by atoms with Crippen LogP contribution in [0.3, 0.4) is 0 Å². The van der Waals surface area contributed by atoms with Gasteiger partial charge in [0.1, 0.15) is 10.8 Å². The van der Waals surface area contributed by atoms with Crippen molar-refractivity contribution in [2.24, 2.45) is 0 Å². The Balaban J connectivity index is 1.39. The molecule has 0 bridgehead atoms. The zero-order valence-electron chi connectivity index (χ0n) is 13.6. The minimum atomic E-state index is -0.239. The molecule has 4 aromatic rings. The summed E-state index contributed by atoms with van der Waals surface area (Å²) in [4.78, 5) is 4.63. The Labute approximate surface area is 157 Å². The van der Waals surface area contributed by atoms with E-state index in [4.69, 9.17) is 0 Å². The lowest BCUT2D eigenvalue weighted by Crippen LogP contribution is -2.02. The predicted octanol–water partition coefficient (Wildman–Crippen LogP) is 4.36. The molecule has 0 saturated heterocycles. The third kappa shape index (κ3) is 3.81. The molecule has 0 spiro atoms. The molecule has 5 nitrogen and oxygen atoms in total. The predicted molar refractivity (Wildman–Crippen MR) is 102 cm³/mol. The first-order chi connectivity index (χ1) is 12.8. The number of nitrogens with zero attached hydrogens (tertiary/aromatic N) is 5. The molecule has 0 unspecified atom stereocenters. The van der Waals surface area contributed by atoms with Gasteiger partial charge in [0, 0.05) is 16.7 Å². The van der Waals surface area contributed by atoms with E-state index in [9.17, 15) is 4.39 Å². The van der Waals surface area contributed by atoms with Gasteiger partial charge in [-0.2, -0.15) is 4.68 Å². The summed E-state index contributed by atoms with van der Waals surface area (Å²) < 4.78 is 14.8. The van der Waals surface area contributed by atoms with Crippen molar-refractivity contribution in [3.63, 3.8) is 0 Å². The molecule has 130 valence electrons. The van der Waals surface area contributed by atoms with Gasteiger partial charge in [-0.05, 0) is 46.8 Å². The van der Waals surface area contributed by atoms with Crippen molar-refractivity contribution in [3.05, 3.63) is 77.3 Å². The molecule has 0 N–H and O–H groups in total. The van der Waals surface area contributed by atoms with Crippen LogP contribution in [0.2, 0.25) is 0 Å². The van der Waals surface area contributed by atoms with Crippen LogP contribution in [0.4, 0.5) is 4.39 Å². The molecule has 0 aliphatic carbocycles. The van der Waals surface area contributed by atoms with E-state index in [2.05, 4.69) is 20.5 Å². The van der Waals surface area contributed by atoms with E-state index in [0.29, 0.717) is 5.75 Å². The molecule has 0 aliphatic rings. The highest BCUT2D eigenvalue weighted by Crippen LogP contribution is 2.26. The molecule has 26 heavy (non-hydrogen) atoms. The van der Waals surface area contributed by atoms with Crippen LogP contribution in [0.15, 0.2) is 60.0 Å². The van der Waals surface area contributed by atoms with Gasteiger partial charge < -0.3 is 0 Å². The standard InChI is InChI=1S/C18H14FN5S2/c19-14-8-6-13(7-9-14)18-20-15(11-26-18)10-25-12-17-21-22-23-24(17)16-4-2-1-3-5-16/h1-9,11H,10,12H2. The third-order valence-electron chi connectivity index (χ3n) is 3.66. The van der Waals surface area contributed by atoms with Crippen molar-refractivity contribution in [1.82, 2.24) is 25.2 Å². The second-order valence-electron chi connectivity index (χ2n) is 5.49. The number of tetrazole rings is 1. The van der Waals surface area contributed by atoms with Gasteiger partial charge in [-0.1, -0.05) is 18.2 Å². The van der Waals surface area contributed by atoms with Crippen LogP contribution in [-0.2, 0) is 11.5 Å². The monoisotopic (exact) mass is 383 g/mol. The van der Waals surface area contributed by atoms with E-state index in [1.54, 1.807) is 39.9 Å². The summed E-state index contributed by atoms with van der Waals surface area (Å²) in [6.07, 6.45) is 0. The van der Waals surface area contributed by atoms with Crippen LogP contribution in [0.25, 0.3) is 16.3 Å². The van der Waals surface area contributed by atoms with E-state index < -0.39 is 0 Å². The van der Waals surface area contributed by atoms with Gasteiger partial charge in [0.05, 0.1) is 17.1 Å². The van der Waals surface area contributed by atoms with E-state index >= 15 is 0 Å². The number of halogens is 1. The SMILES string of the molecule is Fc1ccc(-c2nc(CSCc3nnnn3-c3ccccc3)cs2)cc1. The number of hydrogen-bond acceptors (Lipinski definition) is 6. The van der Waals surface area contributed by atoms with Crippen LogP contribution in [0.5, 0.6) is 0 Å². The van der Waals surface area contributed by atoms with E-state index in [1.165, 1.54) is 12.1 Å². The maximum Gasteiger partial charge on any atom is 0.166 e. The Morgan fingerprint density at radius 2 is 1.81 bits per heavy atom. The largest absolute Gasteiger partial charge is 0.240 e. The maximum atomic E-state index is 13.0. The molecule has 2 heterocycles. The molecule has 0 amide bonds. The van der Waals surface area contributed by atoms with E-state index in [0.717, 1.165) is 33.5 Å². The van der Waals surface area contributed by atoms with E-state index in [1.807, 2.05) is 35.7 Å². The first kappa shape index (κ1) is 16.9. The van der Waals surface area contributed by atoms with Crippen LogP contribution < -0.4 is 0 Å². The lowest BCUT2D eigenvalue weighted by molar-refractivity contribution is 0.628. The zero-order valence-corrected chi connectivity index (χ0v) is 15.3. The molecule has 0 fully saturated rings. The molecular formula is C18H14FN5S2. The summed E-state index contributed by atoms with van der Waals surface area (Å²) in [5.74, 6) is 2.01. The van der Waals surface area contributed by atoms with E-state index in [-0.39, 0.29) is 5.82 Å². The Bertz CT molecular complexity index is 982. The smallest absolute Gasteiger partial charge is 0.166 e. The van der Waals surface area contributed by atoms with Gasteiger partial charge in [0.25, 0.3) is 0 Å². The fourth-order valence-electron chi connectivity index (χ4n) is 2.41. The van der Waals surface area contributed by atoms with Crippen LogP contribution >= 0.6 is 23.1 Å². The van der Waals surface area contributed by atoms with Gasteiger partial charge in [-0.15, -0.1) is 28.2 Å². The molecule has 0 saturated carbocycles. The highest BCUT2D eigenvalue weighted by Gasteiger charge is 2.10. The van der Waals surface area contributed by atoms with Gasteiger partial charge in [0.2, 0.25) is 0 Å². The molecular weight excluding hydrogens is 369 g/mol. The first-order valence-corrected chi connectivity index (χ1v) is 9.94. The summed E-state index contributed by atoms with van der Waals surface area (Å²) >= 11 is 3.27. The molecule has 0 aliphatic heterocycles. The van der Waals surface area contributed by atoms with Gasteiger partial charge in [-0.25, -0.2) is 9.37 Å². The number of hydrogen-bond donors (Lipinski definition) is 0. The van der Waals surface area contributed by atoms with Crippen LogP contribution in [0, 0.1) is 5.82 Å². The maximum absolute atomic E-state index is 13.0. The Hall–Kier alpha value is -2.58. The molecule has 4 rings (SSSR count). The number of rotatable bonds is 6. The quantitative estimate of drug-likeness (QED) is 0.495. The minimum Gasteiger partial charge on any atom is -0.240 e. The average Bonchev–Trinajstić information content (AvgIpc) is 3.33. The lowest BCUT2D eigenvalue weighted by Gasteiger charge is -2.03. The van der Waals surface area contributed by atoms with Gasteiger partial charge in [0.15, 0.2) is 5.82 Å². The molecule has 0 radical (unpaired) electrons. The van der Waals surface area contributed by atoms with Crippen molar-refractivity contribution in [1.29, 1.82) is 0 Å². The molecule has 2 aromatic heterocycles. The topological polar surface area (TPSA) is 56.5 Å². The third-order valence-corrected chi connectivity index (χ3v) is 5.56. The summed E-state index contributed by atoms with van der Waals surface area (Å²) in [5.41, 5.74) is 2.87. The number of thioether (sulfide) groups is 1. The number of benzene rings is 2. The van der Waals surface area contributed by atoms with Gasteiger partial charge >= 0.3 is 0 Å². The molecule has 0 atom stereocenters. The summed E-state index contributed by atoms with van der Waals surface area (Å²) in [7, 11) is 0. The van der Waals surface area contributed by atoms with Crippen molar-refractivity contribution in [2.45, 2.75) is 11.5 Å². The highest BCUT2D eigenvalue weighted by atomic mass is 32.2. The lowest BCUT2D eigenvalue weighted by atomic mass is 10.2. The Morgan fingerprint density at radius 1 is 1.00 bits per heavy atom. The summed E-state index contributed by atoms with van der Waals surface area (Å²) in [6, 6.07) is 16.2. The average molecular weight is 383 g/mol. The number of aromatic nitrogens is 5. The molecule has 2 aromatic carbocycles. The summed E-state index contributed by atoms with van der Waals surface area (Å²) in [6.45, 7) is 0. The number of thiazole rings is 1. The van der Waals surface area contributed by atoms with Crippen molar-refractivity contribution < 1.29 is 4.39 Å². The van der Waals surface area contributed by atoms with Crippen LogP contribution in [-0.4, -0.2) is 25.2 Å². The Morgan fingerprint density at radius 3 is 2.62 bits per heavy atom. The van der Waals surface area contributed by atoms with Crippen molar-refractivity contribution in [2.75, 3.05) is 0 Å².